The summed E-state index contributed by atoms with van der Waals surface area (Å²) in [6.45, 7) is 2.85. The highest BCUT2D eigenvalue weighted by Gasteiger charge is 2.27. The fourth-order valence-corrected chi connectivity index (χ4v) is 3.92. The third kappa shape index (κ3) is 5.83. The van der Waals surface area contributed by atoms with E-state index in [0.29, 0.717) is 6.42 Å². The number of hydrogen-bond donors (Lipinski definition) is 1. The molecule has 4 aromatic rings. The van der Waals surface area contributed by atoms with Crippen LogP contribution >= 0.6 is 0 Å². The Bertz CT molecular complexity index is 1150. The highest BCUT2D eigenvalue weighted by Crippen LogP contribution is 2.23. The molecule has 1 amide bonds. The van der Waals surface area contributed by atoms with Crippen LogP contribution in [0.15, 0.2) is 104 Å². The molecule has 166 valence electrons. The number of benzene rings is 2. The van der Waals surface area contributed by atoms with Crippen LogP contribution in [0.1, 0.15) is 18.9 Å². The van der Waals surface area contributed by atoms with Crippen LogP contribution in [-0.4, -0.2) is 28.5 Å². The van der Waals surface area contributed by atoms with Gasteiger partial charge in [0.15, 0.2) is 0 Å². The normalized spacial score (nSPS) is 11.5. The summed E-state index contributed by atoms with van der Waals surface area (Å²) in [5.74, 6) is 0.755. The van der Waals surface area contributed by atoms with Gasteiger partial charge >= 0.3 is 0 Å². The molecule has 4 rings (SSSR count). The molecule has 0 saturated heterocycles. The van der Waals surface area contributed by atoms with Gasteiger partial charge in [-0.05, 0) is 59.5 Å². The first kappa shape index (κ1) is 22.2. The third-order valence-corrected chi connectivity index (χ3v) is 5.50. The van der Waals surface area contributed by atoms with E-state index in [-0.39, 0.29) is 5.91 Å². The maximum Gasteiger partial charge on any atom is 0.247 e. The molecule has 1 atom stereocenters. The van der Waals surface area contributed by atoms with Crippen LogP contribution in [0.25, 0.3) is 11.1 Å². The fourth-order valence-electron chi connectivity index (χ4n) is 3.92. The van der Waals surface area contributed by atoms with Crippen LogP contribution in [0.5, 0.6) is 0 Å². The van der Waals surface area contributed by atoms with Crippen LogP contribution in [-0.2, 0) is 11.2 Å². The van der Waals surface area contributed by atoms with E-state index in [1.165, 1.54) is 0 Å². The molecule has 0 aliphatic carbocycles. The van der Waals surface area contributed by atoms with Gasteiger partial charge in [-0.2, -0.15) is 0 Å². The van der Waals surface area contributed by atoms with Gasteiger partial charge in [0.05, 0.1) is 0 Å². The molecule has 0 aliphatic rings. The van der Waals surface area contributed by atoms with Gasteiger partial charge in [0.2, 0.25) is 5.91 Å². The SMILES string of the molecule is CCCN(c1ccccn1)[C@@H](Cc1ccccc1)C(=O)Nc1cccc(-c2ccncc2)c1. The number of aromatic nitrogens is 2. The minimum atomic E-state index is -0.396. The molecule has 1 N–H and O–H groups in total. The molecule has 5 heteroatoms. The van der Waals surface area contributed by atoms with Crippen LogP contribution in [0.2, 0.25) is 0 Å². The van der Waals surface area contributed by atoms with Gasteiger partial charge < -0.3 is 10.2 Å². The van der Waals surface area contributed by atoms with Gasteiger partial charge in [0.25, 0.3) is 0 Å². The molecule has 2 aromatic carbocycles. The molecule has 0 aliphatic heterocycles. The van der Waals surface area contributed by atoms with Gasteiger partial charge in [-0.1, -0.05) is 55.5 Å². The molecule has 2 heterocycles. The monoisotopic (exact) mass is 436 g/mol. The summed E-state index contributed by atoms with van der Waals surface area (Å²) >= 11 is 0. The summed E-state index contributed by atoms with van der Waals surface area (Å²) in [7, 11) is 0. The minimum Gasteiger partial charge on any atom is -0.344 e. The van der Waals surface area contributed by atoms with Gasteiger partial charge in [-0.15, -0.1) is 0 Å². The first-order valence-corrected chi connectivity index (χ1v) is 11.3. The first-order chi connectivity index (χ1) is 16.2. The smallest absolute Gasteiger partial charge is 0.247 e. The van der Waals surface area contributed by atoms with Crippen molar-refractivity contribution in [1.82, 2.24) is 9.97 Å². The van der Waals surface area contributed by atoms with Gasteiger partial charge in [-0.3, -0.25) is 9.78 Å². The topological polar surface area (TPSA) is 58.1 Å². The molecule has 2 aromatic heterocycles. The average molecular weight is 437 g/mol. The van der Waals surface area contributed by atoms with E-state index in [2.05, 4.69) is 39.2 Å². The van der Waals surface area contributed by atoms with Crippen molar-refractivity contribution in [3.8, 4) is 11.1 Å². The Morgan fingerprint density at radius 1 is 0.879 bits per heavy atom. The molecule has 0 saturated carbocycles. The molecular weight excluding hydrogens is 408 g/mol. The molecule has 33 heavy (non-hydrogen) atoms. The summed E-state index contributed by atoms with van der Waals surface area (Å²) in [5.41, 5.74) is 3.97. The lowest BCUT2D eigenvalue weighted by molar-refractivity contribution is -0.117. The van der Waals surface area contributed by atoms with Crippen molar-refractivity contribution in [2.75, 3.05) is 16.8 Å². The van der Waals surface area contributed by atoms with Crippen molar-refractivity contribution in [3.63, 3.8) is 0 Å². The molecule has 0 fully saturated rings. The number of anilines is 2. The van der Waals surface area contributed by atoms with E-state index in [4.69, 9.17) is 0 Å². The van der Waals surface area contributed by atoms with Crippen LogP contribution in [0.3, 0.4) is 0 Å². The number of nitrogens with one attached hydrogen (secondary N) is 1. The number of nitrogens with zero attached hydrogens (tertiary/aromatic N) is 3. The van der Waals surface area contributed by atoms with E-state index >= 15 is 0 Å². The second-order valence-electron chi connectivity index (χ2n) is 7.89. The Kier molecular flexibility index (Phi) is 7.44. The Labute approximate surface area is 195 Å². The number of hydrogen-bond acceptors (Lipinski definition) is 4. The summed E-state index contributed by atoms with van der Waals surface area (Å²) in [4.78, 5) is 24.4. The molecule has 5 nitrogen and oxygen atoms in total. The van der Waals surface area contributed by atoms with Crippen molar-refractivity contribution in [2.24, 2.45) is 0 Å². The molecule has 0 radical (unpaired) electrons. The standard InChI is InChI=1S/C28H28N4O/c1-2-19-32(27-13-6-7-16-30-27)26(20-22-9-4-3-5-10-22)28(33)31-25-12-8-11-24(21-25)23-14-17-29-18-15-23/h3-18,21,26H,2,19-20H2,1H3,(H,31,33)/t26-/m0/s1. The van der Waals surface area contributed by atoms with Crippen molar-refractivity contribution in [3.05, 3.63) is 109 Å². The van der Waals surface area contributed by atoms with E-state index in [0.717, 1.165) is 41.2 Å². The molecule has 0 unspecified atom stereocenters. The van der Waals surface area contributed by atoms with E-state index in [1.807, 2.05) is 72.8 Å². The molecule has 0 spiro atoms. The van der Waals surface area contributed by atoms with Gasteiger partial charge in [0.1, 0.15) is 11.9 Å². The zero-order valence-corrected chi connectivity index (χ0v) is 18.8. The van der Waals surface area contributed by atoms with Gasteiger partial charge in [-0.25, -0.2) is 4.98 Å². The Hall–Kier alpha value is -3.99. The fraction of sp³-hybridized carbons (Fsp3) is 0.179. The number of rotatable bonds is 9. The molecular formula is C28H28N4O. The van der Waals surface area contributed by atoms with E-state index in [1.54, 1.807) is 18.6 Å². The predicted molar refractivity (Wildman–Crippen MR) is 134 cm³/mol. The number of carbonyl (C=O) groups excluding carboxylic acids is 1. The van der Waals surface area contributed by atoms with Crippen molar-refractivity contribution >= 4 is 17.4 Å². The van der Waals surface area contributed by atoms with Crippen LogP contribution < -0.4 is 10.2 Å². The van der Waals surface area contributed by atoms with E-state index in [9.17, 15) is 4.79 Å². The lowest BCUT2D eigenvalue weighted by atomic mass is 10.0. The summed E-state index contributed by atoms with van der Waals surface area (Å²) < 4.78 is 0. The number of pyridine rings is 2. The lowest BCUT2D eigenvalue weighted by Crippen LogP contribution is -2.46. The van der Waals surface area contributed by atoms with Crippen molar-refractivity contribution in [2.45, 2.75) is 25.8 Å². The largest absolute Gasteiger partial charge is 0.344 e. The molecule has 0 bridgehead atoms. The third-order valence-electron chi connectivity index (χ3n) is 5.50. The number of amides is 1. The summed E-state index contributed by atoms with van der Waals surface area (Å²) in [6.07, 6.45) is 6.81. The second kappa shape index (κ2) is 11.0. The number of carbonyl (C=O) groups is 1. The average Bonchev–Trinajstić information content (AvgIpc) is 2.88. The van der Waals surface area contributed by atoms with Crippen molar-refractivity contribution in [1.29, 1.82) is 0 Å². The Morgan fingerprint density at radius 2 is 1.67 bits per heavy atom. The lowest BCUT2D eigenvalue weighted by Gasteiger charge is -2.32. The van der Waals surface area contributed by atoms with Crippen LogP contribution in [0.4, 0.5) is 11.5 Å². The summed E-state index contributed by atoms with van der Waals surface area (Å²) in [5, 5.41) is 3.16. The van der Waals surface area contributed by atoms with Gasteiger partial charge in [0, 0.05) is 37.2 Å². The minimum absolute atomic E-state index is 0.0511. The quantitative estimate of drug-likeness (QED) is 0.370. The maximum atomic E-state index is 13.7. The van der Waals surface area contributed by atoms with Crippen LogP contribution in [0, 0.1) is 0 Å². The highest BCUT2D eigenvalue weighted by atomic mass is 16.2. The Morgan fingerprint density at radius 3 is 2.39 bits per heavy atom. The maximum absolute atomic E-state index is 13.7. The Balaban J connectivity index is 1.63. The van der Waals surface area contributed by atoms with Crippen molar-refractivity contribution < 1.29 is 4.79 Å². The predicted octanol–water partition coefficient (Wildman–Crippen LogP) is 5.61. The van der Waals surface area contributed by atoms with E-state index < -0.39 is 6.04 Å². The zero-order valence-electron chi connectivity index (χ0n) is 18.8. The first-order valence-electron chi connectivity index (χ1n) is 11.3. The second-order valence-corrected chi connectivity index (χ2v) is 7.89. The summed E-state index contributed by atoms with van der Waals surface area (Å²) in [6, 6.07) is 27.4. The zero-order chi connectivity index (χ0) is 22.9. The highest BCUT2D eigenvalue weighted by molar-refractivity contribution is 5.97.